The molecule has 0 aromatic carbocycles. The van der Waals surface area contributed by atoms with Crippen LogP contribution in [0, 0.1) is 0 Å². The molecule has 0 fully saturated rings. The van der Waals surface area contributed by atoms with Crippen LogP contribution in [0.2, 0.25) is 0 Å². The van der Waals surface area contributed by atoms with E-state index in [-0.39, 0.29) is 5.91 Å². The van der Waals surface area contributed by atoms with Gasteiger partial charge in [0.05, 0.1) is 6.54 Å². The molecule has 0 spiro atoms. The Morgan fingerprint density at radius 3 is 2.92 bits per heavy atom. The second-order valence-electron chi connectivity index (χ2n) is 5.95. The Hall–Kier alpha value is -3.03. The number of rotatable bonds is 5. The number of aromatic amines is 1. The number of anilines is 2. The molecule has 0 radical (unpaired) electrons. The summed E-state index contributed by atoms with van der Waals surface area (Å²) in [6.07, 6.45) is 2.42. The average molecular weight is 357 g/mol. The number of pyridine rings is 1. The number of H-pyrrole nitrogens is 1. The van der Waals surface area contributed by atoms with E-state index in [0.29, 0.717) is 43.2 Å². The van der Waals surface area contributed by atoms with E-state index < -0.39 is 0 Å². The molecular weight excluding hydrogens is 334 g/mol. The first-order chi connectivity index (χ1) is 12.6. The van der Waals surface area contributed by atoms with Crippen LogP contribution in [0.5, 0.6) is 5.75 Å². The minimum Gasteiger partial charge on any atom is -0.488 e. The van der Waals surface area contributed by atoms with Crippen molar-refractivity contribution < 1.29 is 14.3 Å². The van der Waals surface area contributed by atoms with Gasteiger partial charge in [-0.25, -0.2) is 0 Å². The fraction of sp³-hybridized carbons (Fsp3) is 0.389. The summed E-state index contributed by atoms with van der Waals surface area (Å²) in [6.45, 7) is 6.18. The van der Waals surface area contributed by atoms with Gasteiger partial charge in [0.25, 0.3) is 5.91 Å². The largest absolute Gasteiger partial charge is 0.488 e. The number of nitrogens with one attached hydrogen (secondary N) is 1. The molecule has 1 amide bonds. The van der Waals surface area contributed by atoms with Crippen molar-refractivity contribution in [3.05, 3.63) is 35.6 Å². The summed E-state index contributed by atoms with van der Waals surface area (Å²) in [6, 6.07) is 5.44. The van der Waals surface area contributed by atoms with Crippen LogP contribution >= 0.6 is 0 Å². The van der Waals surface area contributed by atoms with Crippen molar-refractivity contribution in [3.8, 4) is 5.75 Å². The maximum absolute atomic E-state index is 12.4. The zero-order chi connectivity index (χ0) is 18.7. The lowest BCUT2D eigenvalue weighted by Crippen LogP contribution is -2.30. The molecule has 8 nitrogen and oxygen atoms in total. The second kappa shape index (κ2) is 7.47. The predicted octanol–water partition coefficient (Wildman–Crippen LogP) is 1.40. The molecule has 2 aromatic heterocycles. The number of fused-ring (bicyclic) bond motifs is 1. The third-order valence-corrected chi connectivity index (χ3v) is 4.35. The van der Waals surface area contributed by atoms with Crippen molar-refractivity contribution in [1.82, 2.24) is 14.5 Å². The van der Waals surface area contributed by atoms with Crippen LogP contribution in [-0.4, -0.2) is 60.1 Å². The maximum Gasteiger partial charge on any atom is 0.270 e. The monoisotopic (exact) mass is 357 g/mol. The molecule has 0 aliphatic carbocycles. The lowest BCUT2D eigenvalue weighted by atomic mass is 10.3. The first-order valence-electron chi connectivity index (χ1n) is 8.65. The summed E-state index contributed by atoms with van der Waals surface area (Å²) < 4.78 is 7.15. The van der Waals surface area contributed by atoms with Gasteiger partial charge in [0, 0.05) is 44.2 Å². The smallest absolute Gasteiger partial charge is 0.270 e. The number of ether oxygens (including phenoxy) is 1. The van der Waals surface area contributed by atoms with E-state index in [1.54, 1.807) is 24.2 Å². The fourth-order valence-electron chi connectivity index (χ4n) is 2.85. The maximum atomic E-state index is 12.4. The summed E-state index contributed by atoms with van der Waals surface area (Å²) in [7, 11) is 1.76. The van der Waals surface area contributed by atoms with Crippen molar-refractivity contribution in [3.63, 3.8) is 0 Å². The van der Waals surface area contributed by atoms with Gasteiger partial charge in [0.2, 0.25) is 6.41 Å². The van der Waals surface area contributed by atoms with Crippen molar-refractivity contribution >= 4 is 23.8 Å². The van der Waals surface area contributed by atoms with E-state index in [1.165, 1.54) is 4.57 Å². The highest BCUT2D eigenvalue weighted by Crippen LogP contribution is 2.36. The van der Waals surface area contributed by atoms with E-state index in [9.17, 15) is 9.59 Å². The molecule has 8 heteroatoms. The van der Waals surface area contributed by atoms with Crippen molar-refractivity contribution in [1.29, 1.82) is 0 Å². The Balaban J connectivity index is 2.01. The van der Waals surface area contributed by atoms with E-state index in [2.05, 4.69) is 9.98 Å². The van der Waals surface area contributed by atoms with E-state index in [0.717, 1.165) is 17.9 Å². The van der Waals surface area contributed by atoms with Gasteiger partial charge in [-0.1, -0.05) is 0 Å². The van der Waals surface area contributed by atoms with Crippen molar-refractivity contribution in [2.24, 2.45) is 4.99 Å². The van der Waals surface area contributed by atoms with Crippen LogP contribution in [0.15, 0.2) is 29.4 Å². The van der Waals surface area contributed by atoms with Gasteiger partial charge in [-0.2, -0.15) is 0 Å². The van der Waals surface area contributed by atoms with E-state index in [4.69, 9.17) is 4.74 Å². The molecule has 1 N–H and O–H groups in total. The topological polar surface area (TPSA) is 82.9 Å². The summed E-state index contributed by atoms with van der Waals surface area (Å²) in [5.41, 5.74) is 1.95. The Morgan fingerprint density at radius 2 is 2.23 bits per heavy atom. The standard InChI is InChI=1S/C18H23N5O3/c1-4-19-16-10-13(6-7-22(16)12-24)23-8-9-26-15-11-14(20-17(15)23)18(25)21(3)5-2/h6-7,10-12,20H,4-5,8-9H2,1-3H3. The number of carbonyl (C=O) groups excluding carboxylic acids is 2. The number of hydrogen-bond acceptors (Lipinski definition) is 5. The molecule has 138 valence electrons. The third-order valence-electron chi connectivity index (χ3n) is 4.35. The molecule has 0 saturated heterocycles. The van der Waals surface area contributed by atoms with Crippen LogP contribution in [0.1, 0.15) is 24.3 Å². The summed E-state index contributed by atoms with van der Waals surface area (Å²) >= 11 is 0. The van der Waals surface area contributed by atoms with Gasteiger partial charge < -0.3 is 19.5 Å². The highest BCUT2D eigenvalue weighted by Gasteiger charge is 2.25. The Bertz CT molecular complexity index is 883. The fourth-order valence-corrected chi connectivity index (χ4v) is 2.85. The average Bonchev–Trinajstić information content (AvgIpc) is 3.11. The van der Waals surface area contributed by atoms with Gasteiger partial charge in [0.1, 0.15) is 17.8 Å². The van der Waals surface area contributed by atoms with Crippen LogP contribution < -0.4 is 15.1 Å². The number of carbonyl (C=O) groups is 2. The number of nitrogens with zero attached hydrogens (tertiary/aromatic N) is 4. The normalized spacial score (nSPS) is 14.0. The highest BCUT2D eigenvalue weighted by molar-refractivity contribution is 5.94. The van der Waals surface area contributed by atoms with Gasteiger partial charge in [0.15, 0.2) is 11.6 Å². The molecular formula is C18H23N5O3. The SMILES string of the molecule is CCN=c1cc(N2CCOc3cc(C(=O)N(C)CC)[nH]c32)ccn1C=O. The number of aromatic nitrogens is 2. The molecule has 0 bridgehead atoms. The molecule has 1 aliphatic rings. The van der Waals surface area contributed by atoms with Crippen LogP contribution in [-0.2, 0) is 4.79 Å². The molecule has 1 aliphatic heterocycles. The van der Waals surface area contributed by atoms with Gasteiger partial charge >= 0.3 is 0 Å². The van der Waals surface area contributed by atoms with Crippen LogP contribution in [0.3, 0.4) is 0 Å². The minimum atomic E-state index is -0.0843. The quantitative estimate of drug-likeness (QED) is 0.820. The molecule has 0 unspecified atom stereocenters. The Labute approximate surface area is 151 Å². The molecule has 3 heterocycles. The van der Waals surface area contributed by atoms with Crippen molar-refractivity contribution in [2.45, 2.75) is 13.8 Å². The molecule has 0 saturated carbocycles. The first kappa shape index (κ1) is 17.8. The summed E-state index contributed by atoms with van der Waals surface area (Å²) in [5, 5.41) is 0. The predicted molar refractivity (Wildman–Crippen MR) is 98.6 cm³/mol. The van der Waals surface area contributed by atoms with Crippen molar-refractivity contribution in [2.75, 3.05) is 38.2 Å². The minimum absolute atomic E-state index is 0.0843. The molecule has 0 atom stereocenters. The summed E-state index contributed by atoms with van der Waals surface area (Å²) in [5.74, 6) is 1.29. The Kier molecular flexibility index (Phi) is 5.11. The molecule has 26 heavy (non-hydrogen) atoms. The number of hydrogen-bond donors (Lipinski definition) is 1. The van der Waals surface area contributed by atoms with Gasteiger partial charge in [-0.15, -0.1) is 0 Å². The molecule has 3 rings (SSSR count). The van der Waals surface area contributed by atoms with Gasteiger partial charge in [-0.05, 0) is 19.9 Å². The number of amides is 1. The second-order valence-corrected chi connectivity index (χ2v) is 5.95. The zero-order valence-corrected chi connectivity index (χ0v) is 15.2. The third kappa shape index (κ3) is 3.22. The Morgan fingerprint density at radius 1 is 1.42 bits per heavy atom. The highest BCUT2D eigenvalue weighted by atomic mass is 16.5. The zero-order valence-electron chi connectivity index (χ0n) is 15.2. The van der Waals surface area contributed by atoms with E-state index >= 15 is 0 Å². The van der Waals surface area contributed by atoms with Crippen LogP contribution in [0.4, 0.5) is 11.5 Å². The lowest BCUT2D eigenvalue weighted by molar-refractivity contribution is 0.0797. The lowest BCUT2D eigenvalue weighted by Gasteiger charge is -2.28. The first-order valence-corrected chi connectivity index (χ1v) is 8.65. The van der Waals surface area contributed by atoms with E-state index in [1.807, 2.05) is 30.9 Å². The van der Waals surface area contributed by atoms with Crippen LogP contribution in [0.25, 0.3) is 0 Å². The summed E-state index contributed by atoms with van der Waals surface area (Å²) in [4.78, 5) is 34.8. The molecule has 2 aromatic rings. The van der Waals surface area contributed by atoms with Gasteiger partial charge in [-0.3, -0.25) is 19.1 Å².